The van der Waals surface area contributed by atoms with Crippen LogP contribution in [0.3, 0.4) is 0 Å². The highest BCUT2D eigenvalue weighted by molar-refractivity contribution is 5.83. The molecule has 2 fully saturated rings. The van der Waals surface area contributed by atoms with Crippen molar-refractivity contribution in [3.63, 3.8) is 0 Å². The second-order valence-corrected chi connectivity index (χ2v) is 6.79. The molecule has 2 aliphatic carbocycles. The van der Waals surface area contributed by atoms with Gasteiger partial charge in [-0.15, -0.1) is 0 Å². The fourth-order valence-corrected chi connectivity index (χ4v) is 3.63. The van der Waals surface area contributed by atoms with Gasteiger partial charge < -0.3 is 15.3 Å². The highest BCUT2D eigenvalue weighted by Crippen LogP contribution is 2.65. The lowest BCUT2D eigenvalue weighted by molar-refractivity contribution is -0.134. The number of nitrogens with one attached hydrogen (secondary N) is 1. The number of carbonyl (C=O) groups excluding carboxylic acids is 1. The summed E-state index contributed by atoms with van der Waals surface area (Å²) in [5.74, 6) is 0.147. The number of aliphatic hydroxyl groups excluding tert-OH is 1. The summed E-state index contributed by atoms with van der Waals surface area (Å²) in [6.07, 6.45) is 4.63. The Morgan fingerprint density at radius 2 is 2.13 bits per heavy atom. The molecule has 3 rings (SSSR count). The van der Waals surface area contributed by atoms with Crippen LogP contribution in [0, 0.1) is 17.2 Å². The number of hydrogen-bond acceptors (Lipinski definition) is 3. The van der Waals surface area contributed by atoms with Crippen LogP contribution in [-0.4, -0.2) is 42.2 Å². The van der Waals surface area contributed by atoms with Crippen LogP contribution in [0.2, 0.25) is 0 Å². The van der Waals surface area contributed by atoms with Crippen LogP contribution in [-0.2, 0) is 11.3 Å². The molecule has 0 bridgehead atoms. The van der Waals surface area contributed by atoms with Crippen LogP contribution in [0.25, 0.3) is 0 Å². The minimum absolute atomic E-state index is 0.0151. The van der Waals surface area contributed by atoms with Crippen molar-refractivity contribution in [1.82, 2.24) is 10.2 Å². The number of amides is 1. The van der Waals surface area contributed by atoms with Crippen LogP contribution < -0.4 is 5.32 Å². The van der Waals surface area contributed by atoms with Crippen molar-refractivity contribution in [2.45, 2.75) is 32.2 Å². The van der Waals surface area contributed by atoms with E-state index in [1.165, 1.54) is 25.3 Å². The van der Waals surface area contributed by atoms with Gasteiger partial charge in [0.1, 0.15) is 5.82 Å². The van der Waals surface area contributed by atoms with E-state index in [4.69, 9.17) is 0 Å². The summed E-state index contributed by atoms with van der Waals surface area (Å²) >= 11 is 0. The Bertz CT molecular complexity index is 560. The van der Waals surface area contributed by atoms with E-state index in [1.807, 2.05) is 6.07 Å². The third-order valence-electron chi connectivity index (χ3n) is 5.35. The largest absolute Gasteiger partial charge is 0.395 e. The molecule has 1 amide bonds. The second-order valence-electron chi connectivity index (χ2n) is 6.79. The summed E-state index contributed by atoms with van der Waals surface area (Å²) < 4.78 is 13.5. The predicted molar refractivity (Wildman–Crippen MR) is 86.2 cm³/mol. The van der Waals surface area contributed by atoms with E-state index in [0.29, 0.717) is 37.2 Å². The lowest BCUT2D eigenvalue weighted by Crippen LogP contribution is -2.40. The molecular formula is C18H25FN2O2. The summed E-state index contributed by atoms with van der Waals surface area (Å²) in [5.41, 5.74) is 0.939. The number of nitrogens with zero attached hydrogens (tertiary/aromatic N) is 1. The molecule has 4 nitrogen and oxygen atoms in total. The van der Waals surface area contributed by atoms with Crippen LogP contribution in [0.4, 0.5) is 4.39 Å². The van der Waals surface area contributed by atoms with Gasteiger partial charge in [-0.1, -0.05) is 24.6 Å². The Kier molecular flexibility index (Phi) is 4.97. The van der Waals surface area contributed by atoms with Gasteiger partial charge in [-0.3, -0.25) is 4.79 Å². The minimum atomic E-state index is -0.215. The van der Waals surface area contributed by atoms with Gasteiger partial charge >= 0.3 is 0 Å². The SMILES string of the molecule is O=C(C1CC12CCC2)N(CCO)CCNCc1ccccc1F. The van der Waals surface area contributed by atoms with Gasteiger partial charge in [0, 0.05) is 37.7 Å². The van der Waals surface area contributed by atoms with Gasteiger partial charge in [0.15, 0.2) is 0 Å². The Hall–Kier alpha value is -1.46. The lowest BCUT2D eigenvalue weighted by atomic mass is 9.79. The smallest absolute Gasteiger partial charge is 0.226 e. The van der Waals surface area contributed by atoms with Gasteiger partial charge in [-0.05, 0) is 30.7 Å². The molecule has 126 valence electrons. The molecule has 0 radical (unpaired) electrons. The normalized spacial score (nSPS) is 21.0. The van der Waals surface area contributed by atoms with Gasteiger partial charge in [0.2, 0.25) is 5.91 Å². The summed E-state index contributed by atoms with van der Waals surface area (Å²) in [5, 5.41) is 12.4. The van der Waals surface area contributed by atoms with Gasteiger partial charge in [-0.25, -0.2) is 4.39 Å². The number of carbonyl (C=O) groups is 1. The molecule has 5 heteroatoms. The molecule has 2 aliphatic rings. The van der Waals surface area contributed by atoms with Crippen molar-refractivity contribution in [1.29, 1.82) is 0 Å². The molecule has 1 atom stereocenters. The molecular weight excluding hydrogens is 295 g/mol. The predicted octanol–water partition coefficient (Wildman–Crippen LogP) is 1.93. The quantitative estimate of drug-likeness (QED) is 0.720. The highest BCUT2D eigenvalue weighted by Gasteiger charge is 2.61. The van der Waals surface area contributed by atoms with Crippen molar-refractivity contribution >= 4 is 5.91 Å². The van der Waals surface area contributed by atoms with Crippen molar-refractivity contribution in [2.24, 2.45) is 11.3 Å². The van der Waals surface area contributed by atoms with Crippen molar-refractivity contribution < 1.29 is 14.3 Å². The summed E-state index contributed by atoms with van der Waals surface area (Å²) in [4.78, 5) is 14.3. The van der Waals surface area contributed by atoms with E-state index < -0.39 is 0 Å². The first-order valence-corrected chi connectivity index (χ1v) is 8.50. The maximum absolute atomic E-state index is 13.5. The van der Waals surface area contributed by atoms with Gasteiger partial charge in [0.25, 0.3) is 0 Å². The van der Waals surface area contributed by atoms with E-state index in [-0.39, 0.29) is 24.2 Å². The molecule has 23 heavy (non-hydrogen) atoms. The number of benzene rings is 1. The van der Waals surface area contributed by atoms with E-state index in [0.717, 1.165) is 6.42 Å². The third kappa shape index (κ3) is 3.56. The Morgan fingerprint density at radius 1 is 1.35 bits per heavy atom. The fourth-order valence-electron chi connectivity index (χ4n) is 3.63. The molecule has 0 heterocycles. The average molecular weight is 320 g/mol. The van der Waals surface area contributed by atoms with E-state index >= 15 is 0 Å². The van der Waals surface area contributed by atoms with Crippen LogP contribution in [0.1, 0.15) is 31.2 Å². The molecule has 2 N–H and O–H groups in total. The third-order valence-corrected chi connectivity index (χ3v) is 5.35. The van der Waals surface area contributed by atoms with Gasteiger partial charge in [0.05, 0.1) is 6.61 Å². The zero-order valence-electron chi connectivity index (χ0n) is 13.4. The van der Waals surface area contributed by atoms with E-state index in [2.05, 4.69) is 5.32 Å². The molecule has 1 aromatic rings. The Morgan fingerprint density at radius 3 is 2.74 bits per heavy atom. The minimum Gasteiger partial charge on any atom is -0.395 e. The molecule has 0 aromatic heterocycles. The van der Waals surface area contributed by atoms with Crippen molar-refractivity contribution in [2.75, 3.05) is 26.2 Å². The molecule has 1 unspecified atom stereocenters. The monoisotopic (exact) mass is 320 g/mol. The molecule has 2 saturated carbocycles. The standard InChI is InChI=1S/C18H25FN2O2/c19-16-5-2-1-4-14(16)13-20-8-9-21(10-11-22)17(23)15-12-18(15)6-3-7-18/h1-2,4-5,15,20,22H,3,6-13H2. The second kappa shape index (κ2) is 6.97. The van der Waals surface area contributed by atoms with E-state index in [1.54, 1.807) is 17.0 Å². The lowest BCUT2D eigenvalue weighted by Gasteiger charge is -2.29. The van der Waals surface area contributed by atoms with Gasteiger partial charge in [-0.2, -0.15) is 0 Å². The number of hydrogen-bond donors (Lipinski definition) is 2. The van der Waals surface area contributed by atoms with Crippen LogP contribution in [0.15, 0.2) is 24.3 Å². The molecule has 1 aromatic carbocycles. The summed E-state index contributed by atoms with van der Waals surface area (Å²) in [7, 11) is 0. The Balaban J connectivity index is 1.44. The fraction of sp³-hybridized carbons (Fsp3) is 0.611. The first-order chi connectivity index (χ1) is 11.2. The highest BCUT2D eigenvalue weighted by atomic mass is 19.1. The maximum Gasteiger partial charge on any atom is 0.226 e. The average Bonchev–Trinajstić information content (AvgIpc) is 3.27. The zero-order chi connectivity index (χ0) is 16.3. The summed E-state index contributed by atoms with van der Waals surface area (Å²) in [6.45, 7) is 1.97. The number of aliphatic hydroxyl groups is 1. The zero-order valence-corrected chi connectivity index (χ0v) is 13.4. The molecule has 0 aliphatic heterocycles. The maximum atomic E-state index is 13.5. The van der Waals surface area contributed by atoms with Crippen LogP contribution in [0.5, 0.6) is 0 Å². The first kappa shape index (κ1) is 16.4. The van der Waals surface area contributed by atoms with Crippen molar-refractivity contribution in [3.05, 3.63) is 35.6 Å². The molecule has 1 spiro atoms. The topological polar surface area (TPSA) is 52.6 Å². The summed E-state index contributed by atoms with van der Waals surface area (Å²) in [6, 6.07) is 6.69. The number of halogens is 1. The van der Waals surface area contributed by atoms with Crippen molar-refractivity contribution in [3.8, 4) is 0 Å². The van der Waals surface area contributed by atoms with E-state index in [9.17, 15) is 14.3 Å². The number of rotatable bonds is 8. The Labute approximate surface area is 136 Å². The van der Waals surface area contributed by atoms with Crippen LogP contribution >= 0.6 is 0 Å². The molecule has 0 saturated heterocycles. The first-order valence-electron chi connectivity index (χ1n) is 8.50.